The van der Waals surface area contributed by atoms with Crippen LogP contribution in [0.1, 0.15) is 9.67 Å². The average molecular weight is 321 g/mol. The van der Waals surface area contributed by atoms with Gasteiger partial charge in [0.15, 0.2) is 18.1 Å². The number of methoxy groups -OCH3 is 2. The zero-order valence-electron chi connectivity index (χ0n) is 12.1. The molecule has 1 aromatic heterocycles. The predicted molar refractivity (Wildman–Crippen MR) is 82.8 cm³/mol. The summed E-state index contributed by atoms with van der Waals surface area (Å²) in [5, 5.41) is 4.32. The van der Waals surface area contributed by atoms with Crippen molar-refractivity contribution in [3.8, 4) is 11.5 Å². The molecule has 0 radical (unpaired) electrons. The number of anilines is 1. The zero-order chi connectivity index (χ0) is 15.9. The van der Waals surface area contributed by atoms with E-state index in [0.717, 1.165) is 0 Å². The molecule has 1 aromatic carbocycles. The van der Waals surface area contributed by atoms with Crippen molar-refractivity contribution in [1.29, 1.82) is 0 Å². The van der Waals surface area contributed by atoms with E-state index in [2.05, 4.69) is 10.1 Å². The topological polar surface area (TPSA) is 73.9 Å². The van der Waals surface area contributed by atoms with Crippen LogP contribution in [-0.2, 0) is 9.53 Å². The van der Waals surface area contributed by atoms with Gasteiger partial charge < -0.3 is 19.5 Å². The Labute approximate surface area is 131 Å². The summed E-state index contributed by atoms with van der Waals surface area (Å²) in [5.41, 5.74) is 0.408. The van der Waals surface area contributed by atoms with Crippen LogP contribution in [0.25, 0.3) is 0 Å². The first kappa shape index (κ1) is 15.8. The molecule has 0 aliphatic carbocycles. The Morgan fingerprint density at radius 1 is 1.14 bits per heavy atom. The summed E-state index contributed by atoms with van der Waals surface area (Å²) in [6.07, 6.45) is 0. The van der Waals surface area contributed by atoms with E-state index in [1.165, 1.54) is 25.6 Å². The predicted octanol–water partition coefficient (Wildman–Crippen LogP) is 2.56. The number of carbonyl (C=O) groups excluding carboxylic acids is 2. The van der Waals surface area contributed by atoms with Gasteiger partial charge in [0, 0.05) is 0 Å². The van der Waals surface area contributed by atoms with Crippen LogP contribution in [0.5, 0.6) is 11.5 Å². The van der Waals surface area contributed by atoms with Crippen molar-refractivity contribution in [2.75, 3.05) is 26.1 Å². The van der Waals surface area contributed by atoms with Crippen molar-refractivity contribution >= 4 is 28.9 Å². The molecule has 1 heterocycles. The third-order valence-electron chi connectivity index (χ3n) is 2.74. The van der Waals surface area contributed by atoms with Gasteiger partial charge in [0.2, 0.25) is 0 Å². The van der Waals surface area contributed by atoms with Crippen LogP contribution in [0, 0.1) is 0 Å². The molecule has 7 heteroatoms. The van der Waals surface area contributed by atoms with Crippen LogP contribution in [-0.4, -0.2) is 32.7 Å². The van der Waals surface area contributed by atoms with Crippen molar-refractivity contribution < 1.29 is 23.8 Å². The van der Waals surface area contributed by atoms with Crippen LogP contribution in [0.3, 0.4) is 0 Å². The third kappa shape index (κ3) is 3.76. The lowest BCUT2D eigenvalue weighted by Crippen LogP contribution is -2.21. The van der Waals surface area contributed by atoms with Gasteiger partial charge in [-0.2, -0.15) is 0 Å². The van der Waals surface area contributed by atoms with Gasteiger partial charge >= 0.3 is 5.97 Å². The highest BCUT2D eigenvalue weighted by Gasteiger charge is 2.16. The highest BCUT2D eigenvalue weighted by molar-refractivity contribution is 7.12. The first-order valence-corrected chi connectivity index (χ1v) is 7.25. The minimum absolute atomic E-state index is 0.198. The van der Waals surface area contributed by atoms with Crippen molar-refractivity contribution in [3.05, 3.63) is 40.6 Å². The van der Waals surface area contributed by atoms with Crippen molar-refractivity contribution in [3.63, 3.8) is 0 Å². The van der Waals surface area contributed by atoms with Gasteiger partial charge in [-0.1, -0.05) is 12.1 Å². The molecule has 2 aromatic rings. The number of nitrogens with one attached hydrogen (secondary N) is 1. The van der Waals surface area contributed by atoms with Crippen LogP contribution in [0.15, 0.2) is 35.7 Å². The molecule has 0 saturated heterocycles. The molecule has 2 rings (SSSR count). The number of hydrogen-bond donors (Lipinski definition) is 1. The number of thiophene rings is 1. The lowest BCUT2D eigenvalue weighted by Gasteiger charge is -2.10. The molecule has 0 atom stereocenters. The first-order valence-electron chi connectivity index (χ1n) is 6.37. The lowest BCUT2D eigenvalue weighted by molar-refractivity contribution is -0.118. The van der Waals surface area contributed by atoms with E-state index in [4.69, 9.17) is 9.47 Å². The largest absolute Gasteiger partial charge is 0.493 e. The average Bonchev–Trinajstić information content (AvgIpc) is 3.00. The number of ether oxygens (including phenoxy) is 3. The molecule has 1 amide bonds. The summed E-state index contributed by atoms with van der Waals surface area (Å²) in [4.78, 5) is 23.8. The number of amides is 1. The molecule has 22 heavy (non-hydrogen) atoms. The van der Waals surface area contributed by atoms with Crippen molar-refractivity contribution in [1.82, 2.24) is 0 Å². The van der Waals surface area contributed by atoms with Crippen LogP contribution in [0.2, 0.25) is 0 Å². The summed E-state index contributed by atoms with van der Waals surface area (Å²) < 4.78 is 15.2. The Bertz CT molecular complexity index is 667. The molecule has 0 saturated carbocycles. The number of hydrogen-bond acceptors (Lipinski definition) is 6. The van der Waals surface area contributed by atoms with Crippen LogP contribution in [0.4, 0.5) is 5.69 Å². The van der Waals surface area contributed by atoms with E-state index in [0.29, 0.717) is 22.1 Å². The van der Waals surface area contributed by atoms with Crippen molar-refractivity contribution in [2.45, 2.75) is 0 Å². The summed E-state index contributed by atoms with van der Waals surface area (Å²) in [6, 6.07) is 8.67. The highest BCUT2D eigenvalue weighted by atomic mass is 32.1. The molecule has 1 N–H and O–H groups in total. The fourth-order valence-corrected chi connectivity index (χ4v) is 2.49. The van der Waals surface area contributed by atoms with E-state index in [1.54, 1.807) is 35.7 Å². The summed E-state index contributed by atoms with van der Waals surface area (Å²) in [6.45, 7) is -0.198. The minimum Gasteiger partial charge on any atom is -0.493 e. The number of carbonyl (C=O) groups is 2. The maximum absolute atomic E-state index is 11.9. The molecule has 0 fully saturated rings. The standard InChI is InChI=1S/C15H15NO5S/c1-19-11-5-3-4-6-12(11)21-9-13(17)16-10-7-8-22-14(10)15(18)20-2/h3-8H,9H2,1-2H3,(H,16,17). The maximum Gasteiger partial charge on any atom is 0.350 e. The molecule has 0 aliphatic rings. The van der Waals surface area contributed by atoms with Crippen LogP contribution >= 0.6 is 11.3 Å². The maximum atomic E-state index is 11.9. The molecule has 116 valence electrons. The molecular formula is C15H15NO5S. The summed E-state index contributed by atoms with van der Waals surface area (Å²) in [7, 11) is 2.81. The van der Waals surface area contributed by atoms with Gasteiger partial charge in [0.05, 0.1) is 19.9 Å². The van der Waals surface area contributed by atoms with Gasteiger partial charge in [-0.25, -0.2) is 4.79 Å². The number of rotatable bonds is 6. The fraction of sp³-hybridized carbons (Fsp3) is 0.200. The van der Waals surface area contributed by atoms with Gasteiger partial charge in [-0.05, 0) is 23.6 Å². The summed E-state index contributed by atoms with van der Waals surface area (Å²) >= 11 is 1.19. The Morgan fingerprint density at radius 2 is 1.86 bits per heavy atom. The second-order valence-corrected chi connectivity index (χ2v) is 5.06. The normalized spacial score (nSPS) is 9.91. The molecule has 6 nitrogen and oxygen atoms in total. The third-order valence-corrected chi connectivity index (χ3v) is 3.63. The van der Waals surface area contributed by atoms with Gasteiger partial charge in [0.1, 0.15) is 4.88 Å². The Hall–Kier alpha value is -2.54. The Balaban J connectivity index is 1.96. The Morgan fingerprint density at radius 3 is 2.55 bits per heavy atom. The lowest BCUT2D eigenvalue weighted by atomic mass is 10.3. The highest BCUT2D eigenvalue weighted by Crippen LogP contribution is 2.26. The van der Waals surface area contributed by atoms with Crippen LogP contribution < -0.4 is 14.8 Å². The number of benzene rings is 1. The number of para-hydroxylation sites is 2. The van der Waals surface area contributed by atoms with E-state index in [-0.39, 0.29) is 12.5 Å². The monoisotopic (exact) mass is 321 g/mol. The van der Waals surface area contributed by atoms with E-state index < -0.39 is 5.97 Å². The van der Waals surface area contributed by atoms with Gasteiger partial charge in [-0.15, -0.1) is 11.3 Å². The van der Waals surface area contributed by atoms with E-state index >= 15 is 0 Å². The summed E-state index contributed by atoms with van der Waals surface area (Å²) in [5.74, 6) is 0.144. The van der Waals surface area contributed by atoms with Gasteiger partial charge in [-0.3, -0.25) is 4.79 Å². The SMILES string of the molecule is COC(=O)c1sccc1NC(=O)COc1ccccc1OC. The molecule has 0 aliphatic heterocycles. The first-order chi connectivity index (χ1) is 10.7. The van der Waals surface area contributed by atoms with Crippen molar-refractivity contribution in [2.24, 2.45) is 0 Å². The second-order valence-electron chi connectivity index (χ2n) is 4.14. The fourth-order valence-electron chi connectivity index (χ4n) is 1.73. The smallest absolute Gasteiger partial charge is 0.350 e. The molecule has 0 spiro atoms. The Kier molecular flexibility index (Phi) is 5.37. The van der Waals surface area contributed by atoms with E-state index in [9.17, 15) is 9.59 Å². The van der Waals surface area contributed by atoms with E-state index in [1.807, 2.05) is 0 Å². The second kappa shape index (κ2) is 7.46. The van der Waals surface area contributed by atoms with Gasteiger partial charge in [0.25, 0.3) is 5.91 Å². The molecule has 0 unspecified atom stereocenters. The molecule has 0 bridgehead atoms. The minimum atomic E-state index is -0.490. The number of esters is 1. The zero-order valence-corrected chi connectivity index (χ0v) is 12.9. The molecular weight excluding hydrogens is 306 g/mol. The quantitative estimate of drug-likeness (QED) is 0.828.